The molecular weight excluding hydrogens is 337 g/mol. The maximum atomic E-state index is 12.6. The van der Waals surface area contributed by atoms with Gasteiger partial charge < -0.3 is 11.1 Å². The molecule has 5 nitrogen and oxygen atoms in total. The lowest BCUT2D eigenvalue weighted by molar-refractivity contribution is -0.137. The van der Waals surface area contributed by atoms with E-state index >= 15 is 0 Å². The van der Waals surface area contributed by atoms with Crippen molar-refractivity contribution < 1.29 is 18.0 Å². The van der Waals surface area contributed by atoms with Crippen LogP contribution in [0.15, 0.2) is 28.6 Å². The number of thioether (sulfide) groups is 1. The van der Waals surface area contributed by atoms with E-state index in [4.69, 9.17) is 5.73 Å². The van der Waals surface area contributed by atoms with Gasteiger partial charge in [-0.05, 0) is 18.2 Å². The predicted molar refractivity (Wildman–Crippen MR) is 79.7 cm³/mol. The Hall–Kier alpha value is -1.81. The number of nitrogen functional groups attached to an aromatic ring is 1. The van der Waals surface area contributed by atoms with Gasteiger partial charge in [-0.15, -0.1) is 10.2 Å². The molecule has 1 amide bonds. The van der Waals surface area contributed by atoms with Crippen LogP contribution in [0.5, 0.6) is 0 Å². The molecule has 1 heterocycles. The first kappa shape index (κ1) is 16.6. The molecule has 0 unspecified atom stereocenters. The van der Waals surface area contributed by atoms with Gasteiger partial charge in [-0.1, -0.05) is 29.2 Å². The Morgan fingerprint density at radius 3 is 2.77 bits per heavy atom. The third-order valence-electron chi connectivity index (χ3n) is 2.45. The van der Waals surface area contributed by atoms with Crippen LogP contribution in [-0.4, -0.2) is 21.9 Å². The van der Waals surface area contributed by atoms with Crippen LogP contribution < -0.4 is 11.1 Å². The zero-order valence-electron chi connectivity index (χ0n) is 11.1. The summed E-state index contributed by atoms with van der Waals surface area (Å²) in [6.07, 6.45) is -4.30. The fraction of sp³-hybridized carbons (Fsp3) is 0.250. The number of nitrogens with one attached hydrogen (secondary N) is 1. The van der Waals surface area contributed by atoms with Gasteiger partial charge in [0.05, 0.1) is 5.56 Å². The number of halogens is 3. The average molecular weight is 348 g/mol. The summed E-state index contributed by atoms with van der Waals surface area (Å²) in [5.74, 6) is 0.0590. The summed E-state index contributed by atoms with van der Waals surface area (Å²) < 4.78 is 38.3. The molecule has 0 aliphatic rings. The van der Waals surface area contributed by atoms with E-state index in [-0.39, 0.29) is 18.0 Å². The molecule has 0 fully saturated rings. The lowest BCUT2D eigenvalue weighted by Crippen LogP contribution is -2.13. The van der Waals surface area contributed by atoms with Crippen LogP contribution in [0.1, 0.15) is 12.0 Å². The fourth-order valence-electron chi connectivity index (χ4n) is 1.51. The van der Waals surface area contributed by atoms with Crippen molar-refractivity contribution in [1.82, 2.24) is 10.2 Å². The Balaban J connectivity index is 1.84. The average Bonchev–Trinajstić information content (AvgIpc) is 2.84. The van der Waals surface area contributed by atoms with Crippen LogP contribution in [0.4, 0.5) is 24.0 Å². The van der Waals surface area contributed by atoms with Crippen molar-refractivity contribution in [2.45, 2.75) is 16.9 Å². The van der Waals surface area contributed by atoms with Crippen molar-refractivity contribution in [1.29, 1.82) is 0 Å². The van der Waals surface area contributed by atoms with E-state index in [1.54, 1.807) is 0 Å². The first-order chi connectivity index (χ1) is 10.3. The van der Waals surface area contributed by atoms with Crippen molar-refractivity contribution in [3.05, 3.63) is 29.8 Å². The summed E-state index contributed by atoms with van der Waals surface area (Å²) in [4.78, 5) is 11.7. The highest BCUT2D eigenvalue weighted by Gasteiger charge is 2.30. The minimum Gasteiger partial charge on any atom is -0.374 e. The van der Waals surface area contributed by atoms with Crippen molar-refractivity contribution in [2.75, 3.05) is 16.8 Å². The maximum absolute atomic E-state index is 12.6. The van der Waals surface area contributed by atoms with Gasteiger partial charge in [-0.2, -0.15) is 13.2 Å². The first-order valence-electron chi connectivity index (χ1n) is 6.03. The van der Waals surface area contributed by atoms with Crippen LogP contribution >= 0.6 is 23.1 Å². The van der Waals surface area contributed by atoms with Gasteiger partial charge in [0.25, 0.3) is 0 Å². The molecule has 0 aliphatic carbocycles. The number of rotatable bonds is 5. The number of anilines is 2. The van der Waals surface area contributed by atoms with Crippen molar-refractivity contribution in [3.8, 4) is 0 Å². The number of benzene rings is 1. The molecule has 2 aromatic rings. The number of amides is 1. The largest absolute Gasteiger partial charge is 0.416 e. The molecule has 0 radical (unpaired) electrons. The molecule has 22 heavy (non-hydrogen) atoms. The Kier molecular flexibility index (Phi) is 5.24. The highest BCUT2D eigenvalue weighted by molar-refractivity contribution is 8.01. The lowest BCUT2D eigenvalue weighted by Gasteiger charge is -2.09. The van der Waals surface area contributed by atoms with Crippen molar-refractivity contribution in [2.24, 2.45) is 0 Å². The monoisotopic (exact) mass is 348 g/mol. The van der Waals surface area contributed by atoms with Crippen LogP contribution in [-0.2, 0) is 11.0 Å². The van der Waals surface area contributed by atoms with E-state index in [9.17, 15) is 18.0 Å². The van der Waals surface area contributed by atoms with Crippen LogP contribution in [0.3, 0.4) is 0 Å². The Morgan fingerprint density at radius 2 is 2.14 bits per heavy atom. The number of nitrogens with two attached hydrogens (primary N) is 1. The minimum atomic E-state index is -4.44. The van der Waals surface area contributed by atoms with Gasteiger partial charge in [0.15, 0.2) is 4.34 Å². The van der Waals surface area contributed by atoms with Crippen LogP contribution in [0.2, 0.25) is 0 Å². The molecule has 0 spiro atoms. The number of hydrogen-bond acceptors (Lipinski definition) is 6. The third kappa shape index (κ3) is 4.88. The molecule has 0 saturated heterocycles. The molecule has 10 heteroatoms. The van der Waals surface area contributed by atoms with Gasteiger partial charge in [0.2, 0.25) is 11.0 Å². The van der Waals surface area contributed by atoms with E-state index in [1.165, 1.54) is 35.2 Å². The molecule has 2 rings (SSSR count). The van der Waals surface area contributed by atoms with Gasteiger partial charge >= 0.3 is 6.18 Å². The van der Waals surface area contributed by atoms with Gasteiger partial charge in [0.1, 0.15) is 0 Å². The highest BCUT2D eigenvalue weighted by Crippen LogP contribution is 2.30. The molecular formula is C12H11F3N4OS2. The van der Waals surface area contributed by atoms with Crippen molar-refractivity contribution in [3.63, 3.8) is 0 Å². The number of carbonyl (C=O) groups excluding carboxylic acids is 1. The zero-order valence-corrected chi connectivity index (χ0v) is 12.7. The summed E-state index contributed by atoms with van der Waals surface area (Å²) in [6.45, 7) is 0. The summed E-state index contributed by atoms with van der Waals surface area (Å²) >= 11 is 2.52. The number of aromatic nitrogens is 2. The molecule has 118 valence electrons. The van der Waals surface area contributed by atoms with E-state index in [0.29, 0.717) is 15.2 Å². The van der Waals surface area contributed by atoms with E-state index < -0.39 is 11.7 Å². The van der Waals surface area contributed by atoms with E-state index in [0.717, 1.165) is 12.1 Å². The predicted octanol–water partition coefficient (Wildman–Crippen LogP) is 3.26. The molecule has 0 atom stereocenters. The number of nitrogens with zero attached hydrogens (tertiary/aromatic N) is 2. The summed E-state index contributed by atoms with van der Waals surface area (Å²) in [5.41, 5.74) is 4.74. The SMILES string of the molecule is Nc1nnc(SCCC(=O)Nc2cccc(C(F)(F)F)c2)s1. The summed E-state index contributed by atoms with van der Waals surface area (Å²) in [5, 5.41) is 10.2. The molecule has 3 N–H and O–H groups in total. The molecule has 0 bridgehead atoms. The second-order valence-electron chi connectivity index (χ2n) is 4.13. The quantitative estimate of drug-likeness (QED) is 0.811. The van der Waals surface area contributed by atoms with Gasteiger partial charge in [-0.3, -0.25) is 4.79 Å². The topological polar surface area (TPSA) is 80.9 Å². The lowest BCUT2D eigenvalue weighted by atomic mass is 10.2. The van der Waals surface area contributed by atoms with E-state index in [1.807, 2.05) is 0 Å². The third-order valence-corrected chi connectivity index (χ3v) is 4.34. The maximum Gasteiger partial charge on any atom is 0.416 e. The second-order valence-corrected chi connectivity index (χ2v) is 6.48. The fourth-order valence-corrected chi connectivity index (χ4v) is 3.15. The van der Waals surface area contributed by atoms with Crippen LogP contribution in [0, 0.1) is 0 Å². The Bertz CT molecular complexity index is 660. The van der Waals surface area contributed by atoms with Crippen LogP contribution in [0.25, 0.3) is 0 Å². The minimum absolute atomic E-state index is 0.116. The molecule has 1 aromatic carbocycles. The smallest absolute Gasteiger partial charge is 0.374 e. The second kappa shape index (κ2) is 6.97. The number of alkyl halides is 3. The number of hydrogen-bond donors (Lipinski definition) is 2. The molecule has 0 aliphatic heterocycles. The normalized spacial score (nSPS) is 11.4. The molecule has 1 aromatic heterocycles. The Morgan fingerprint density at radius 1 is 1.36 bits per heavy atom. The standard InChI is InChI=1S/C12H11F3N4OS2/c13-12(14,15)7-2-1-3-8(6-7)17-9(20)4-5-21-11-19-18-10(16)22-11/h1-3,6H,4-5H2,(H2,16,18)(H,17,20). The van der Waals surface area contributed by atoms with Crippen molar-refractivity contribution >= 4 is 39.8 Å². The highest BCUT2D eigenvalue weighted by atomic mass is 32.2. The summed E-state index contributed by atoms with van der Waals surface area (Å²) in [6, 6.07) is 4.50. The summed E-state index contributed by atoms with van der Waals surface area (Å²) in [7, 11) is 0. The Labute approximate surface area is 132 Å². The van der Waals surface area contributed by atoms with E-state index in [2.05, 4.69) is 15.5 Å². The number of carbonyl (C=O) groups is 1. The molecule has 0 saturated carbocycles. The van der Waals surface area contributed by atoms with Gasteiger partial charge in [-0.25, -0.2) is 0 Å². The zero-order chi connectivity index (χ0) is 16.2. The van der Waals surface area contributed by atoms with Gasteiger partial charge in [0, 0.05) is 17.9 Å². The first-order valence-corrected chi connectivity index (χ1v) is 7.84.